The molecule has 27 heavy (non-hydrogen) atoms. The number of para-hydroxylation sites is 1. The summed E-state index contributed by atoms with van der Waals surface area (Å²) in [6.45, 7) is 5.55. The van der Waals surface area contributed by atoms with E-state index in [0.29, 0.717) is 26.2 Å². The zero-order valence-electron chi connectivity index (χ0n) is 14.8. The number of rotatable bonds is 3. The van der Waals surface area contributed by atoms with Crippen LogP contribution in [0.5, 0.6) is 0 Å². The highest BCUT2D eigenvalue weighted by Crippen LogP contribution is 2.30. The average Bonchev–Trinajstić information content (AvgIpc) is 3.12. The highest BCUT2D eigenvalue weighted by molar-refractivity contribution is 9.10. The quantitative estimate of drug-likeness (QED) is 0.444. The molecule has 1 aromatic carbocycles. The molecular weight excluding hydrogens is 430 g/mol. The minimum absolute atomic E-state index is 0.216. The molecule has 0 fully saturated rings. The molecule has 0 saturated carbocycles. The Morgan fingerprint density at radius 3 is 2.74 bits per heavy atom. The maximum absolute atomic E-state index is 12.6. The van der Waals surface area contributed by atoms with Gasteiger partial charge in [0.15, 0.2) is 11.9 Å². The van der Waals surface area contributed by atoms with Crippen LogP contribution >= 0.6 is 27.3 Å². The van der Waals surface area contributed by atoms with Crippen molar-refractivity contribution in [2.75, 3.05) is 0 Å². The minimum atomic E-state index is -0.698. The standard InChI is InChI=1S/C19H16BrN3O3S/c1-8-10(3)27-18-13(8)17(24)22-16(23-18)9(2)26-19(25)15-14(20)11-6-4-5-7-12(11)21-15/h4-7,9,21H,1-3H3,(H,22,23,24)/t9-/m1/s1. The number of halogens is 1. The molecule has 0 spiro atoms. The minimum Gasteiger partial charge on any atom is -0.450 e. The van der Waals surface area contributed by atoms with Crippen LogP contribution in [-0.2, 0) is 4.74 Å². The number of thiophene rings is 1. The van der Waals surface area contributed by atoms with Gasteiger partial charge in [0, 0.05) is 15.8 Å². The number of carbonyl (C=O) groups is 1. The lowest BCUT2D eigenvalue weighted by Crippen LogP contribution is -2.17. The van der Waals surface area contributed by atoms with E-state index in [1.807, 2.05) is 38.1 Å². The molecule has 3 heterocycles. The highest BCUT2D eigenvalue weighted by atomic mass is 79.9. The van der Waals surface area contributed by atoms with Crippen molar-refractivity contribution in [1.82, 2.24) is 15.0 Å². The number of benzene rings is 1. The van der Waals surface area contributed by atoms with Crippen LogP contribution < -0.4 is 5.56 Å². The second-order valence-corrected chi connectivity index (χ2v) is 8.32. The lowest BCUT2D eigenvalue weighted by atomic mass is 10.2. The number of hydrogen-bond donors (Lipinski definition) is 2. The summed E-state index contributed by atoms with van der Waals surface area (Å²) in [7, 11) is 0. The van der Waals surface area contributed by atoms with Crippen molar-refractivity contribution in [2.24, 2.45) is 0 Å². The summed E-state index contributed by atoms with van der Waals surface area (Å²) in [5, 5.41) is 1.49. The zero-order valence-corrected chi connectivity index (χ0v) is 17.2. The molecule has 0 bridgehead atoms. The Kier molecular flexibility index (Phi) is 4.39. The first-order chi connectivity index (χ1) is 12.9. The fraction of sp³-hybridized carbons (Fsp3) is 0.211. The van der Waals surface area contributed by atoms with Gasteiger partial charge in [-0.1, -0.05) is 18.2 Å². The Balaban J connectivity index is 1.66. The van der Waals surface area contributed by atoms with E-state index in [1.165, 1.54) is 11.3 Å². The second kappa shape index (κ2) is 6.61. The number of hydrogen-bond acceptors (Lipinski definition) is 5. The van der Waals surface area contributed by atoms with E-state index in [9.17, 15) is 9.59 Å². The molecule has 4 aromatic rings. The smallest absolute Gasteiger partial charge is 0.356 e. The average molecular weight is 446 g/mol. The molecule has 0 amide bonds. The number of nitrogens with zero attached hydrogens (tertiary/aromatic N) is 1. The maximum atomic E-state index is 12.6. The topological polar surface area (TPSA) is 87.8 Å². The lowest BCUT2D eigenvalue weighted by Gasteiger charge is -2.12. The van der Waals surface area contributed by atoms with Gasteiger partial charge in [-0.2, -0.15) is 0 Å². The van der Waals surface area contributed by atoms with Crippen LogP contribution in [0.4, 0.5) is 0 Å². The first-order valence-electron chi connectivity index (χ1n) is 8.34. The van der Waals surface area contributed by atoms with Gasteiger partial charge >= 0.3 is 5.97 Å². The van der Waals surface area contributed by atoms with E-state index in [2.05, 4.69) is 30.9 Å². The number of aromatic amines is 2. The predicted octanol–water partition coefficient (Wildman–Crippen LogP) is 4.76. The first-order valence-corrected chi connectivity index (χ1v) is 9.95. The Hall–Kier alpha value is -2.45. The number of aromatic nitrogens is 3. The van der Waals surface area contributed by atoms with Crippen LogP contribution in [0.3, 0.4) is 0 Å². The third-order valence-corrected chi connectivity index (χ3v) is 6.50. The van der Waals surface area contributed by atoms with Gasteiger partial charge in [0.05, 0.1) is 9.86 Å². The van der Waals surface area contributed by atoms with Crippen LogP contribution in [-0.4, -0.2) is 20.9 Å². The SMILES string of the molecule is Cc1sc2nc([C@@H](C)OC(=O)c3[nH]c4ccccc4c3Br)[nH]c(=O)c2c1C. The van der Waals surface area contributed by atoms with Crippen LogP contribution in [0.1, 0.15) is 39.8 Å². The molecule has 4 rings (SSSR count). The Morgan fingerprint density at radius 1 is 1.26 bits per heavy atom. The Morgan fingerprint density at radius 2 is 2.00 bits per heavy atom. The third-order valence-electron chi connectivity index (χ3n) is 4.57. The van der Waals surface area contributed by atoms with Gasteiger partial charge in [-0.3, -0.25) is 4.79 Å². The molecular formula is C19H16BrN3O3S. The normalized spacial score (nSPS) is 12.6. The van der Waals surface area contributed by atoms with E-state index in [1.54, 1.807) is 6.92 Å². The van der Waals surface area contributed by atoms with Crippen molar-refractivity contribution < 1.29 is 9.53 Å². The molecule has 0 unspecified atom stereocenters. The molecule has 0 aliphatic heterocycles. The van der Waals surface area contributed by atoms with Crippen molar-refractivity contribution >= 4 is 54.4 Å². The third kappa shape index (κ3) is 2.98. The van der Waals surface area contributed by atoms with E-state index in [-0.39, 0.29) is 5.56 Å². The fourth-order valence-electron chi connectivity index (χ4n) is 2.99. The summed E-state index contributed by atoms with van der Waals surface area (Å²) in [4.78, 5) is 37.0. The van der Waals surface area contributed by atoms with Crippen molar-refractivity contribution in [3.05, 3.63) is 61.1 Å². The van der Waals surface area contributed by atoms with E-state index in [0.717, 1.165) is 21.3 Å². The number of esters is 1. The van der Waals surface area contributed by atoms with E-state index in [4.69, 9.17) is 4.74 Å². The molecule has 1 atom stereocenters. The number of aryl methyl sites for hydroxylation is 2. The molecule has 0 saturated heterocycles. The number of fused-ring (bicyclic) bond motifs is 2. The summed E-state index contributed by atoms with van der Waals surface area (Å²) in [6.07, 6.45) is -0.698. The molecule has 138 valence electrons. The lowest BCUT2D eigenvalue weighted by molar-refractivity contribution is 0.0313. The van der Waals surface area contributed by atoms with Crippen LogP contribution in [0.2, 0.25) is 0 Å². The Labute approximate surface area is 166 Å². The van der Waals surface area contributed by atoms with E-state index >= 15 is 0 Å². The molecule has 0 aliphatic carbocycles. The van der Waals surface area contributed by atoms with Gasteiger partial charge in [-0.15, -0.1) is 11.3 Å². The van der Waals surface area contributed by atoms with Gasteiger partial charge in [0.25, 0.3) is 5.56 Å². The predicted molar refractivity (Wildman–Crippen MR) is 110 cm³/mol. The van der Waals surface area contributed by atoms with Gasteiger partial charge < -0.3 is 14.7 Å². The van der Waals surface area contributed by atoms with Gasteiger partial charge in [0.1, 0.15) is 10.5 Å². The molecule has 2 N–H and O–H groups in total. The van der Waals surface area contributed by atoms with Crippen molar-refractivity contribution in [3.63, 3.8) is 0 Å². The number of H-pyrrole nitrogens is 2. The summed E-state index contributed by atoms with van der Waals surface area (Å²) in [5.41, 5.74) is 1.88. The highest BCUT2D eigenvalue weighted by Gasteiger charge is 2.22. The monoisotopic (exact) mass is 445 g/mol. The number of carbonyl (C=O) groups excluding carboxylic acids is 1. The molecule has 6 nitrogen and oxygen atoms in total. The van der Waals surface area contributed by atoms with Crippen LogP contribution in [0, 0.1) is 13.8 Å². The van der Waals surface area contributed by atoms with Crippen LogP contribution in [0.25, 0.3) is 21.1 Å². The molecule has 0 aliphatic rings. The number of nitrogens with one attached hydrogen (secondary N) is 2. The van der Waals surface area contributed by atoms with Gasteiger partial charge in [-0.25, -0.2) is 9.78 Å². The fourth-order valence-corrected chi connectivity index (χ4v) is 4.63. The van der Waals surface area contributed by atoms with Gasteiger partial charge in [0.2, 0.25) is 0 Å². The van der Waals surface area contributed by atoms with Gasteiger partial charge in [-0.05, 0) is 48.3 Å². The second-order valence-electron chi connectivity index (χ2n) is 6.32. The largest absolute Gasteiger partial charge is 0.450 e. The van der Waals surface area contributed by atoms with Crippen molar-refractivity contribution in [1.29, 1.82) is 0 Å². The Bertz CT molecular complexity index is 1250. The maximum Gasteiger partial charge on any atom is 0.356 e. The van der Waals surface area contributed by atoms with Crippen molar-refractivity contribution in [2.45, 2.75) is 26.9 Å². The summed E-state index contributed by atoms with van der Waals surface area (Å²) < 4.78 is 6.20. The van der Waals surface area contributed by atoms with Crippen LogP contribution in [0.15, 0.2) is 33.5 Å². The first kappa shape index (κ1) is 17.9. The molecule has 3 aromatic heterocycles. The summed E-state index contributed by atoms with van der Waals surface area (Å²) in [5.74, 6) is -0.193. The van der Waals surface area contributed by atoms with E-state index < -0.39 is 12.1 Å². The molecule has 0 radical (unpaired) electrons. The number of ether oxygens (including phenoxy) is 1. The van der Waals surface area contributed by atoms with Crippen molar-refractivity contribution in [3.8, 4) is 0 Å². The summed E-state index contributed by atoms with van der Waals surface area (Å²) in [6, 6.07) is 7.57. The summed E-state index contributed by atoms with van der Waals surface area (Å²) >= 11 is 4.91. The molecule has 8 heteroatoms. The zero-order chi connectivity index (χ0) is 19.3.